The highest BCUT2D eigenvalue weighted by Crippen LogP contribution is 2.33. The topological polar surface area (TPSA) is 63.8 Å². The zero-order valence-corrected chi connectivity index (χ0v) is 18.9. The van der Waals surface area contributed by atoms with Gasteiger partial charge in [-0.05, 0) is 43.1 Å². The summed E-state index contributed by atoms with van der Waals surface area (Å²) in [4.78, 5) is 23.6. The van der Waals surface area contributed by atoms with Crippen LogP contribution < -0.4 is 20.5 Å². The largest absolute Gasteiger partial charge is 0.497 e. The van der Waals surface area contributed by atoms with Gasteiger partial charge in [-0.3, -0.25) is 9.36 Å². The number of halogens is 1. The quantitative estimate of drug-likeness (QED) is 0.579. The molecule has 0 saturated carbocycles. The number of hydrogen-bond acceptors (Lipinski definition) is 5. The van der Waals surface area contributed by atoms with Crippen molar-refractivity contribution in [1.29, 1.82) is 0 Å². The van der Waals surface area contributed by atoms with Crippen molar-refractivity contribution in [2.24, 2.45) is 7.05 Å². The summed E-state index contributed by atoms with van der Waals surface area (Å²) in [5.41, 5.74) is 1.53. The summed E-state index contributed by atoms with van der Waals surface area (Å²) >= 11 is 0. The maximum atomic E-state index is 14.5. The highest BCUT2D eigenvalue weighted by atomic mass is 19.1. The Bertz CT molecular complexity index is 1260. The van der Waals surface area contributed by atoms with Gasteiger partial charge in [-0.2, -0.15) is 0 Å². The summed E-state index contributed by atoms with van der Waals surface area (Å²) in [5, 5.41) is 3.46. The Hall–Kier alpha value is -3.70. The van der Waals surface area contributed by atoms with Crippen LogP contribution in [-0.4, -0.2) is 42.8 Å². The van der Waals surface area contributed by atoms with Gasteiger partial charge < -0.3 is 15.0 Å². The maximum absolute atomic E-state index is 14.5. The number of methoxy groups -OCH3 is 1. The molecule has 1 aliphatic rings. The zero-order valence-electron chi connectivity index (χ0n) is 18.9. The first kappa shape index (κ1) is 22.5. The zero-order chi connectivity index (χ0) is 23.5. The van der Waals surface area contributed by atoms with Gasteiger partial charge >= 0.3 is 0 Å². The third-order valence-corrected chi connectivity index (χ3v) is 5.99. The predicted molar refractivity (Wildman–Crippen MR) is 127 cm³/mol. The van der Waals surface area contributed by atoms with Crippen molar-refractivity contribution in [3.05, 3.63) is 70.1 Å². The fourth-order valence-corrected chi connectivity index (χ4v) is 4.23. The lowest BCUT2D eigenvalue weighted by Crippen LogP contribution is -2.38. The van der Waals surface area contributed by atoms with E-state index in [1.165, 1.54) is 16.7 Å². The Morgan fingerprint density at radius 2 is 2.00 bits per heavy atom. The molecule has 33 heavy (non-hydrogen) atoms. The van der Waals surface area contributed by atoms with E-state index in [-0.39, 0.29) is 11.2 Å². The van der Waals surface area contributed by atoms with Crippen LogP contribution in [0.15, 0.2) is 47.3 Å². The molecule has 0 bridgehead atoms. The Morgan fingerprint density at radius 3 is 2.61 bits per heavy atom. The molecule has 1 aliphatic heterocycles. The van der Waals surface area contributed by atoms with Crippen molar-refractivity contribution in [2.75, 3.05) is 32.1 Å². The average Bonchev–Trinajstić information content (AvgIpc) is 3.33. The van der Waals surface area contributed by atoms with Gasteiger partial charge in [0.1, 0.15) is 11.6 Å². The molecule has 0 amide bonds. The maximum Gasteiger partial charge on any atom is 0.263 e. The second kappa shape index (κ2) is 9.43. The monoisotopic (exact) mass is 447 g/mol. The van der Waals surface area contributed by atoms with Crippen molar-refractivity contribution in [2.45, 2.75) is 18.9 Å². The first-order valence-corrected chi connectivity index (χ1v) is 10.8. The Labute approximate surface area is 192 Å². The van der Waals surface area contributed by atoms with Crippen LogP contribution in [0.4, 0.5) is 16.0 Å². The number of likely N-dealkylation sites (N-methyl/N-ethyl adjacent to an activating group) is 1. The van der Waals surface area contributed by atoms with E-state index in [0.717, 1.165) is 19.4 Å². The fraction of sp³-hybridized carbons (Fsp3) is 0.320. The van der Waals surface area contributed by atoms with Gasteiger partial charge in [-0.25, -0.2) is 14.2 Å². The minimum absolute atomic E-state index is 0.0711. The van der Waals surface area contributed by atoms with E-state index in [9.17, 15) is 9.18 Å². The molecule has 1 N–H and O–H groups in total. The van der Waals surface area contributed by atoms with Crippen LogP contribution in [0.25, 0.3) is 27.2 Å². The third kappa shape index (κ3) is 4.45. The molecule has 0 aliphatic carbocycles. The minimum atomic E-state index is -0.643. The summed E-state index contributed by atoms with van der Waals surface area (Å²) in [6.07, 6.45) is 2.19. The predicted octanol–water partition coefficient (Wildman–Crippen LogP) is 4.00. The molecular formula is C25H26FN5O2. The molecule has 1 fully saturated rings. The molecule has 0 radical (unpaired) electrons. The smallest absolute Gasteiger partial charge is 0.263 e. The minimum Gasteiger partial charge on any atom is -0.497 e. The van der Waals surface area contributed by atoms with Gasteiger partial charge in [0.15, 0.2) is 0 Å². The fourth-order valence-electron chi connectivity index (χ4n) is 4.23. The Morgan fingerprint density at radius 1 is 1.27 bits per heavy atom. The molecule has 2 heterocycles. The molecule has 0 spiro atoms. The lowest BCUT2D eigenvalue weighted by molar-refractivity contribution is 0.415. The molecule has 7 nitrogen and oxygen atoms in total. The molecule has 8 heteroatoms. The van der Waals surface area contributed by atoms with Crippen LogP contribution in [0.3, 0.4) is 0 Å². The number of aromatic nitrogens is 2. The number of hydrogen-bond donors (Lipinski definition) is 1. The highest BCUT2D eigenvalue weighted by molar-refractivity contribution is 5.82. The van der Waals surface area contributed by atoms with Gasteiger partial charge in [0.25, 0.3) is 5.56 Å². The van der Waals surface area contributed by atoms with Gasteiger partial charge in [0, 0.05) is 32.2 Å². The normalized spacial score (nSPS) is 15.3. The number of rotatable bonds is 6. The number of ether oxygens (including phenoxy) is 1. The van der Waals surface area contributed by atoms with E-state index < -0.39 is 5.82 Å². The Kier molecular flexibility index (Phi) is 6.43. The summed E-state index contributed by atoms with van der Waals surface area (Å²) in [5.74, 6) is 0.518. The molecule has 170 valence electrons. The second-order valence-electron chi connectivity index (χ2n) is 8.18. The van der Waals surface area contributed by atoms with Crippen molar-refractivity contribution in [3.63, 3.8) is 0 Å². The van der Waals surface area contributed by atoms with Crippen LogP contribution in [0, 0.1) is 12.4 Å². The van der Waals surface area contributed by atoms with Crippen molar-refractivity contribution in [1.82, 2.24) is 14.9 Å². The molecule has 1 saturated heterocycles. The first-order chi connectivity index (χ1) is 15.9. The first-order valence-electron chi connectivity index (χ1n) is 10.8. The van der Waals surface area contributed by atoms with Crippen molar-refractivity contribution < 1.29 is 9.13 Å². The van der Waals surface area contributed by atoms with E-state index in [0.29, 0.717) is 46.7 Å². The molecule has 1 aromatic heterocycles. The van der Waals surface area contributed by atoms with Crippen LogP contribution >= 0.6 is 0 Å². The van der Waals surface area contributed by atoms with E-state index in [1.807, 2.05) is 11.9 Å². The number of anilines is 1. The summed E-state index contributed by atoms with van der Waals surface area (Å²) < 4.78 is 21.3. The third-order valence-electron chi connectivity index (χ3n) is 5.99. The SMILES string of the molecule is [C-]#[N+]c1ccc(-c2nc(N(C)CC3CCCN3)n(C)c(=O)c2-c2ccc(OC)cc2)cc1F. The number of nitrogens with one attached hydrogen (secondary N) is 1. The molecule has 3 aromatic rings. The summed E-state index contributed by atoms with van der Waals surface area (Å²) in [6.45, 7) is 8.81. The van der Waals surface area contributed by atoms with Crippen molar-refractivity contribution in [3.8, 4) is 28.1 Å². The van der Waals surface area contributed by atoms with E-state index in [2.05, 4.69) is 10.2 Å². The molecule has 1 unspecified atom stereocenters. The number of benzene rings is 2. The van der Waals surface area contributed by atoms with Gasteiger partial charge in [-0.1, -0.05) is 24.3 Å². The van der Waals surface area contributed by atoms with Crippen LogP contribution in [0.2, 0.25) is 0 Å². The van der Waals surface area contributed by atoms with Crippen LogP contribution in [0.1, 0.15) is 12.8 Å². The molecular weight excluding hydrogens is 421 g/mol. The van der Waals surface area contributed by atoms with Gasteiger partial charge in [0.2, 0.25) is 11.6 Å². The van der Waals surface area contributed by atoms with Gasteiger partial charge in [-0.15, -0.1) is 0 Å². The van der Waals surface area contributed by atoms with Gasteiger partial charge in [0.05, 0.1) is 24.9 Å². The van der Waals surface area contributed by atoms with Crippen LogP contribution in [-0.2, 0) is 7.05 Å². The highest BCUT2D eigenvalue weighted by Gasteiger charge is 2.23. The van der Waals surface area contributed by atoms with Crippen LogP contribution in [0.5, 0.6) is 5.75 Å². The van der Waals surface area contributed by atoms with E-state index in [4.69, 9.17) is 16.3 Å². The lowest BCUT2D eigenvalue weighted by Gasteiger charge is -2.25. The summed E-state index contributed by atoms with van der Waals surface area (Å²) in [7, 11) is 5.18. The van der Waals surface area contributed by atoms with Crippen molar-refractivity contribution >= 4 is 11.6 Å². The van der Waals surface area contributed by atoms with E-state index >= 15 is 0 Å². The number of nitrogens with zero attached hydrogens (tertiary/aromatic N) is 4. The summed E-state index contributed by atoms with van der Waals surface area (Å²) in [6, 6.07) is 11.8. The average molecular weight is 448 g/mol. The molecule has 1 atom stereocenters. The molecule has 2 aromatic carbocycles. The standard InChI is InChI=1S/C25H26FN5O2/c1-27-21-12-9-17(14-20(21)26)23-22(16-7-10-19(33-4)11-8-16)24(32)31(3)25(29-23)30(2)15-18-6-5-13-28-18/h7-12,14,18,28H,5-6,13,15H2,2-4H3. The van der Waals surface area contributed by atoms with E-state index in [1.54, 1.807) is 44.5 Å². The molecule has 4 rings (SSSR count). The lowest BCUT2D eigenvalue weighted by atomic mass is 10.00. The Balaban J connectivity index is 1.89. The second-order valence-corrected chi connectivity index (χ2v) is 8.18.